The van der Waals surface area contributed by atoms with Crippen LogP contribution in [0.5, 0.6) is 0 Å². The Kier molecular flexibility index (Phi) is 3.07. The zero-order valence-corrected chi connectivity index (χ0v) is 13.2. The summed E-state index contributed by atoms with van der Waals surface area (Å²) in [5, 5.41) is 29.7. The highest BCUT2D eigenvalue weighted by Gasteiger charge is 2.68. The Labute approximate surface area is 130 Å². The van der Waals surface area contributed by atoms with Crippen LogP contribution in [0.3, 0.4) is 0 Å². The zero-order valence-electron chi connectivity index (χ0n) is 13.2. The summed E-state index contributed by atoms with van der Waals surface area (Å²) in [6, 6.07) is 0. The molecule has 4 saturated carbocycles. The van der Waals surface area contributed by atoms with Crippen LogP contribution in [-0.4, -0.2) is 32.9 Å². The van der Waals surface area contributed by atoms with Crippen molar-refractivity contribution in [3.8, 4) is 0 Å². The van der Waals surface area contributed by atoms with E-state index in [1.165, 1.54) is 0 Å². The first-order valence-electron chi connectivity index (χ1n) is 7.87. The van der Waals surface area contributed by atoms with E-state index in [0.29, 0.717) is 38.5 Å². The first-order chi connectivity index (χ1) is 10.0. The van der Waals surface area contributed by atoms with Crippen LogP contribution >= 0.6 is 0 Å². The van der Waals surface area contributed by atoms with E-state index >= 15 is 0 Å². The number of hydrogen-bond donors (Lipinski definition) is 3. The third kappa shape index (κ3) is 2.26. The second-order valence-corrected chi connectivity index (χ2v) is 8.58. The average molecular weight is 308 g/mol. The second kappa shape index (κ2) is 4.34. The van der Waals surface area contributed by atoms with Crippen LogP contribution in [0.1, 0.15) is 58.8 Å². The molecule has 0 radical (unpaired) electrons. The summed E-state index contributed by atoms with van der Waals surface area (Å²) < 4.78 is 0. The summed E-state index contributed by atoms with van der Waals surface area (Å²) in [5.74, 6) is -1.75. The number of carbonyl (C=O) groups is 2. The molecule has 4 bridgehead atoms. The Bertz CT molecular complexity index is 558. The van der Waals surface area contributed by atoms with E-state index in [4.69, 9.17) is 5.11 Å². The molecule has 4 unspecified atom stereocenters. The molecule has 4 fully saturated rings. The largest absolute Gasteiger partial charge is 0.481 e. The van der Waals surface area contributed by atoms with Crippen LogP contribution in [0.25, 0.3) is 0 Å². The molecule has 0 saturated heterocycles. The third-order valence-corrected chi connectivity index (χ3v) is 6.04. The van der Waals surface area contributed by atoms with Crippen LogP contribution < -0.4 is 0 Å². The highest BCUT2D eigenvalue weighted by atomic mass is 16.4. The normalized spacial score (nSPS) is 46.8. The van der Waals surface area contributed by atoms with Gasteiger partial charge in [0.05, 0.1) is 11.0 Å². The molecule has 0 aliphatic heterocycles. The fourth-order valence-corrected chi connectivity index (χ4v) is 6.21. The maximum Gasteiger partial charge on any atom is 0.330 e. The number of hydrogen-bond acceptors (Lipinski definition) is 3. The van der Waals surface area contributed by atoms with E-state index in [1.807, 2.05) is 0 Å². The van der Waals surface area contributed by atoms with Crippen LogP contribution in [0.4, 0.5) is 0 Å². The molecule has 5 heteroatoms. The van der Waals surface area contributed by atoms with Crippen molar-refractivity contribution in [3.63, 3.8) is 0 Å². The Morgan fingerprint density at radius 2 is 1.73 bits per heavy atom. The highest BCUT2D eigenvalue weighted by Crippen LogP contribution is 2.71. The Morgan fingerprint density at radius 1 is 1.05 bits per heavy atom. The van der Waals surface area contributed by atoms with Gasteiger partial charge in [-0.1, -0.05) is 13.0 Å². The van der Waals surface area contributed by atoms with Gasteiger partial charge in [0.2, 0.25) is 0 Å². The van der Waals surface area contributed by atoms with Gasteiger partial charge in [0.1, 0.15) is 0 Å². The molecule has 0 amide bonds. The smallest absolute Gasteiger partial charge is 0.330 e. The van der Waals surface area contributed by atoms with Crippen molar-refractivity contribution in [2.75, 3.05) is 0 Å². The van der Waals surface area contributed by atoms with Gasteiger partial charge < -0.3 is 15.3 Å². The maximum atomic E-state index is 11.9. The van der Waals surface area contributed by atoms with Crippen molar-refractivity contribution in [3.05, 3.63) is 11.6 Å². The van der Waals surface area contributed by atoms with E-state index in [9.17, 15) is 19.8 Å². The second-order valence-electron chi connectivity index (χ2n) is 8.58. The summed E-state index contributed by atoms with van der Waals surface area (Å²) >= 11 is 0. The molecule has 0 spiro atoms. The monoisotopic (exact) mass is 308 g/mol. The molecule has 4 aliphatic carbocycles. The Hall–Kier alpha value is -1.36. The van der Waals surface area contributed by atoms with Gasteiger partial charge >= 0.3 is 11.9 Å². The lowest BCUT2D eigenvalue weighted by molar-refractivity contribution is -0.234. The molecule has 4 atom stereocenters. The Balaban J connectivity index is 1.97. The summed E-state index contributed by atoms with van der Waals surface area (Å²) in [6.07, 6.45) is 5.90. The lowest BCUT2D eigenvalue weighted by atomic mass is 9.38. The average Bonchev–Trinajstić information content (AvgIpc) is 2.31. The van der Waals surface area contributed by atoms with E-state index in [-0.39, 0.29) is 16.4 Å². The van der Waals surface area contributed by atoms with E-state index in [0.717, 1.165) is 6.42 Å². The Morgan fingerprint density at radius 3 is 2.27 bits per heavy atom. The van der Waals surface area contributed by atoms with Gasteiger partial charge in [0.25, 0.3) is 0 Å². The van der Waals surface area contributed by atoms with E-state index < -0.39 is 23.0 Å². The van der Waals surface area contributed by atoms with Gasteiger partial charge in [0.15, 0.2) is 0 Å². The van der Waals surface area contributed by atoms with E-state index in [1.54, 1.807) is 13.0 Å². The van der Waals surface area contributed by atoms with Crippen molar-refractivity contribution in [2.45, 2.75) is 64.4 Å². The van der Waals surface area contributed by atoms with Crippen molar-refractivity contribution < 1.29 is 24.9 Å². The molecule has 22 heavy (non-hydrogen) atoms. The number of aliphatic hydroxyl groups is 1. The summed E-state index contributed by atoms with van der Waals surface area (Å²) in [7, 11) is 0. The van der Waals surface area contributed by atoms with Crippen molar-refractivity contribution in [1.29, 1.82) is 0 Å². The summed E-state index contributed by atoms with van der Waals surface area (Å²) in [6.45, 7) is 3.64. The van der Waals surface area contributed by atoms with Gasteiger partial charge in [-0.15, -0.1) is 0 Å². The molecule has 0 aromatic carbocycles. The van der Waals surface area contributed by atoms with E-state index in [2.05, 4.69) is 6.92 Å². The van der Waals surface area contributed by atoms with Crippen LogP contribution in [0.2, 0.25) is 0 Å². The zero-order chi connectivity index (χ0) is 16.4. The predicted octanol–water partition coefficient (Wildman–Crippen LogP) is 2.58. The minimum absolute atomic E-state index is 0.160. The standard InChI is InChI=1S/C17H24O5/c1-11(12(18)19)3-4-15-5-14(2)6-16(8-15,13(20)21)10-17(22,7-14)9-15/h3,22H,4-10H2,1-2H3,(H,18,19)(H,20,21). The molecule has 0 aromatic rings. The molecule has 4 rings (SSSR count). The fourth-order valence-electron chi connectivity index (χ4n) is 6.21. The molecule has 0 heterocycles. The van der Waals surface area contributed by atoms with Crippen molar-refractivity contribution in [2.24, 2.45) is 16.2 Å². The van der Waals surface area contributed by atoms with Crippen molar-refractivity contribution in [1.82, 2.24) is 0 Å². The molecule has 4 aliphatic rings. The summed E-state index contributed by atoms with van der Waals surface area (Å²) in [5.41, 5.74) is -1.91. The van der Waals surface area contributed by atoms with Crippen molar-refractivity contribution >= 4 is 11.9 Å². The highest BCUT2D eigenvalue weighted by molar-refractivity contribution is 5.85. The van der Waals surface area contributed by atoms with Crippen LogP contribution in [0.15, 0.2) is 11.6 Å². The lowest BCUT2D eigenvalue weighted by Crippen LogP contribution is -2.65. The molecular formula is C17H24O5. The van der Waals surface area contributed by atoms with Crippen LogP contribution in [-0.2, 0) is 9.59 Å². The van der Waals surface area contributed by atoms with Gasteiger partial charge in [-0.2, -0.15) is 0 Å². The molecular weight excluding hydrogens is 284 g/mol. The SMILES string of the molecule is CC(=CCC12CC3(C)CC(O)(C1)CC(C(=O)O)(C3)C2)C(=O)O. The molecule has 0 aromatic heterocycles. The fraction of sp³-hybridized carbons (Fsp3) is 0.765. The quantitative estimate of drug-likeness (QED) is 0.694. The predicted molar refractivity (Wildman–Crippen MR) is 79.3 cm³/mol. The first kappa shape index (κ1) is 15.5. The van der Waals surface area contributed by atoms with Gasteiger partial charge in [-0.3, -0.25) is 4.79 Å². The topological polar surface area (TPSA) is 94.8 Å². The third-order valence-electron chi connectivity index (χ3n) is 6.04. The van der Waals surface area contributed by atoms with Gasteiger partial charge in [0, 0.05) is 5.57 Å². The molecule has 3 N–H and O–H groups in total. The van der Waals surface area contributed by atoms with Crippen LogP contribution in [0, 0.1) is 16.2 Å². The summed E-state index contributed by atoms with van der Waals surface area (Å²) in [4.78, 5) is 22.9. The lowest BCUT2D eigenvalue weighted by Gasteiger charge is -2.67. The maximum absolute atomic E-state index is 11.9. The van der Waals surface area contributed by atoms with Gasteiger partial charge in [-0.25, -0.2) is 4.79 Å². The minimum Gasteiger partial charge on any atom is -0.481 e. The number of allylic oxidation sites excluding steroid dienone is 1. The number of rotatable bonds is 4. The molecule has 5 nitrogen and oxygen atoms in total. The minimum atomic E-state index is -0.942. The number of aliphatic carboxylic acids is 2. The molecule has 122 valence electrons. The van der Waals surface area contributed by atoms with Gasteiger partial charge in [-0.05, 0) is 62.7 Å². The number of carboxylic acids is 2. The first-order valence-corrected chi connectivity index (χ1v) is 7.87. The number of carboxylic acid groups (broad SMARTS) is 2.